The van der Waals surface area contributed by atoms with Crippen molar-refractivity contribution >= 4 is 40.3 Å². The van der Waals surface area contributed by atoms with Gasteiger partial charge in [0.05, 0.1) is 27.4 Å². The first-order valence-corrected chi connectivity index (χ1v) is 15.0. The summed E-state index contributed by atoms with van der Waals surface area (Å²) >= 11 is 7.54. The maximum atomic E-state index is 14.4. The van der Waals surface area contributed by atoms with E-state index in [0.29, 0.717) is 27.5 Å². The Bertz CT molecular complexity index is 1300. The summed E-state index contributed by atoms with van der Waals surface area (Å²) in [6, 6.07) is 7.43. The van der Waals surface area contributed by atoms with Gasteiger partial charge >= 0.3 is 6.18 Å². The molecule has 2 fully saturated rings. The van der Waals surface area contributed by atoms with E-state index < -0.39 is 23.6 Å². The molecule has 3 aromatic rings. The van der Waals surface area contributed by atoms with Crippen LogP contribution in [0.1, 0.15) is 81.6 Å². The third-order valence-electron chi connectivity index (χ3n) is 7.95. The molecule has 39 heavy (non-hydrogen) atoms. The Balaban J connectivity index is 1.51. The lowest BCUT2D eigenvalue weighted by molar-refractivity contribution is -0.137. The van der Waals surface area contributed by atoms with Gasteiger partial charge in [-0.1, -0.05) is 50.1 Å². The summed E-state index contributed by atoms with van der Waals surface area (Å²) in [5.74, 6) is 0.342. The molecule has 0 aliphatic heterocycles. The fourth-order valence-electron chi connectivity index (χ4n) is 5.97. The standard InChI is InChI=1S/C29H32ClF4N3OS/c30-22-15-25-24(16-23(22)31)36-26(17-39-21-13-11-19(12-14-21)29(32,33)34)37(25)27(18-7-3-1-4-8-18)28(38)35-20-9-5-2-6-10-20/h11-16,18,20,27H,1-10,17H2,(H,35,38). The number of carbonyl (C=O) groups excluding carboxylic acids is 1. The highest BCUT2D eigenvalue weighted by Gasteiger charge is 2.35. The van der Waals surface area contributed by atoms with Crippen LogP contribution >= 0.6 is 23.4 Å². The number of benzene rings is 2. The van der Waals surface area contributed by atoms with Crippen LogP contribution in [-0.2, 0) is 16.7 Å². The third-order valence-corrected chi connectivity index (χ3v) is 9.25. The number of fused-ring (bicyclic) bond motifs is 1. The van der Waals surface area contributed by atoms with E-state index in [2.05, 4.69) is 5.32 Å². The van der Waals surface area contributed by atoms with Crippen LogP contribution in [0.25, 0.3) is 11.0 Å². The molecule has 1 unspecified atom stereocenters. The van der Waals surface area contributed by atoms with Gasteiger partial charge in [-0.15, -0.1) is 11.8 Å². The van der Waals surface area contributed by atoms with Crippen LogP contribution < -0.4 is 5.32 Å². The van der Waals surface area contributed by atoms with Gasteiger partial charge in [0.15, 0.2) is 0 Å². The van der Waals surface area contributed by atoms with Crippen molar-refractivity contribution < 1.29 is 22.4 Å². The first-order valence-electron chi connectivity index (χ1n) is 13.7. The maximum absolute atomic E-state index is 14.4. The van der Waals surface area contributed by atoms with Crippen LogP contribution in [0.3, 0.4) is 0 Å². The molecule has 0 bridgehead atoms. The van der Waals surface area contributed by atoms with E-state index in [0.717, 1.165) is 69.9 Å². The molecule has 2 aliphatic rings. The third kappa shape index (κ3) is 6.56. The number of thioether (sulfide) groups is 1. The zero-order valence-electron chi connectivity index (χ0n) is 21.6. The highest BCUT2D eigenvalue weighted by atomic mass is 35.5. The second kappa shape index (κ2) is 12.1. The Labute approximate surface area is 234 Å². The predicted octanol–water partition coefficient (Wildman–Crippen LogP) is 8.71. The molecule has 1 heterocycles. The second-order valence-corrected chi connectivity index (χ2v) is 12.1. The zero-order chi connectivity index (χ0) is 27.6. The zero-order valence-corrected chi connectivity index (χ0v) is 23.1. The van der Waals surface area contributed by atoms with Gasteiger partial charge in [-0.3, -0.25) is 4.79 Å². The Morgan fingerprint density at radius 3 is 2.31 bits per heavy atom. The minimum atomic E-state index is -4.40. The van der Waals surface area contributed by atoms with E-state index in [9.17, 15) is 22.4 Å². The minimum absolute atomic E-state index is 0.0410. The Kier molecular flexibility index (Phi) is 8.76. The van der Waals surface area contributed by atoms with Crippen molar-refractivity contribution in [1.29, 1.82) is 0 Å². The normalized spacial score (nSPS) is 18.4. The molecule has 0 radical (unpaired) electrons. The highest BCUT2D eigenvalue weighted by molar-refractivity contribution is 7.98. The molecule has 1 aromatic heterocycles. The fraction of sp³-hybridized carbons (Fsp3) is 0.517. The summed E-state index contributed by atoms with van der Waals surface area (Å²) in [7, 11) is 0. The van der Waals surface area contributed by atoms with Gasteiger partial charge in [-0.25, -0.2) is 9.37 Å². The number of carbonyl (C=O) groups is 1. The van der Waals surface area contributed by atoms with Gasteiger partial charge in [0.1, 0.15) is 17.7 Å². The molecule has 2 aliphatic carbocycles. The molecule has 4 nitrogen and oxygen atoms in total. The highest BCUT2D eigenvalue weighted by Crippen LogP contribution is 2.39. The van der Waals surface area contributed by atoms with E-state index in [4.69, 9.17) is 16.6 Å². The first-order chi connectivity index (χ1) is 18.7. The van der Waals surface area contributed by atoms with Gasteiger partial charge in [0.25, 0.3) is 0 Å². The van der Waals surface area contributed by atoms with E-state index in [1.54, 1.807) is 0 Å². The largest absolute Gasteiger partial charge is 0.416 e. The molecule has 210 valence electrons. The van der Waals surface area contributed by atoms with Crippen LogP contribution in [0, 0.1) is 11.7 Å². The van der Waals surface area contributed by atoms with Crippen LogP contribution in [0.4, 0.5) is 17.6 Å². The SMILES string of the molecule is O=C(NC1CCCCC1)C(C1CCCCC1)n1c(CSc2ccc(C(F)(F)F)cc2)nc2cc(F)c(Cl)cc21. The van der Waals surface area contributed by atoms with Gasteiger partial charge in [0, 0.05) is 17.0 Å². The number of hydrogen-bond donors (Lipinski definition) is 1. The van der Waals surface area contributed by atoms with Gasteiger partial charge in [-0.05, 0) is 61.9 Å². The van der Waals surface area contributed by atoms with Crippen molar-refractivity contribution in [2.24, 2.45) is 5.92 Å². The van der Waals surface area contributed by atoms with Crippen LogP contribution in [-0.4, -0.2) is 21.5 Å². The Hall–Kier alpha value is -2.26. The summed E-state index contributed by atoms with van der Waals surface area (Å²) in [6.07, 6.45) is 5.90. The molecule has 1 atom stereocenters. The Morgan fingerprint density at radius 1 is 1.03 bits per heavy atom. The summed E-state index contributed by atoms with van der Waals surface area (Å²) in [6.45, 7) is 0. The van der Waals surface area contributed by atoms with Gasteiger partial charge in [0.2, 0.25) is 5.91 Å². The summed E-state index contributed by atoms with van der Waals surface area (Å²) in [5, 5.41) is 3.27. The number of hydrogen-bond acceptors (Lipinski definition) is 3. The number of alkyl halides is 3. The summed E-state index contributed by atoms with van der Waals surface area (Å²) in [5.41, 5.74) is 0.297. The monoisotopic (exact) mass is 581 g/mol. The number of aromatic nitrogens is 2. The molecular formula is C29H32ClF4N3OS. The number of nitrogens with zero attached hydrogens (tertiary/aromatic N) is 2. The molecular weight excluding hydrogens is 550 g/mol. The lowest BCUT2D eigenvalue weighted by atomic mass is 9.83. The molecule has 0 spiro atoms. The number of halogens is 5. The molecule has 2 saturated carbocycles. The van der Waals surface area contributed by atoms with E-state index in [1.165, 1.54) is 42.4 Å². The van der Waals surface area contributed by atoms with Crippen LogP contribution in [0.15, 0.2) is 41.3 Å². The second-order valence-electron chi connectivity index (χ2n) is 10.7. The van der Waals surface area contributed by atoms with E-state index >= 15 is 0 Å². The number of imidazole rings is 1. The minimum Gasteiger partial charge on any atom is -0.352 e. The molecule has 5 rings (SSSR count). The Morgan fingerprint density at radius 2 is 1.67 bits per heavy atom. The smallest absolute Gasteiger partial charge is 0.352 e. The maximum Gasteiger partial charge on any atom is 0.416 e. The number of amides is 1. The lowest BCUT2D eigenvalue weighted by Crippen LogP contribution is -2.43. The van der Waals surface area contributed by atoms with Crippen molar-refractivity contribution in [3.8, 4) is 0 Å². The topological polar surface area (TPSA) is 46.9 Å². The lowest BCUT2D eigenvalue weighted by Gasteiger charge is -2.33. The molecule has 2 aromatic carbocycles. The van der Waals surface area contributed by atoms with Crippen LogP contribution in [0.5, 0.6) is 0 Å². The molecule has 10 heteroatoms. The van der Waals surface area contributed by atoms with E-state index in [1.807, 2.05) is 4.57 Å². The fourth-order valence-corrected chi connectivity index (χ4v) is 6.95. The van der Waals surface area contributed by atoms with Crippen LogP contribution in [0.2, 0.25) is 5.02 Å². The van der Waals surface area contributed by atoms with Crippen molar-refractivity contribution in [1.82, 2.24) is 14.9 Å². The average Bonchev–Trinajstić information content (AvgIpc) is 3.25. The molecule has 1 amide bonds. The summed E-state index contributed by atoms with van der Waals surface area (Å²) < 4.78 is 55.4. The predicted molar refractivity (Wildman–Crippen MR) is 146 cm³/mol. The molecule has 0 saturated heterocycles. The average molecular weight is 582 g/mol. The number of nitrogens with one attached hydrogen (secondary N) is 1. The van der Waals surface area contributed by atoms with Crippen molar-refractivity contribution in [3.63, 3.8) is 0 Å². The first kappa shape index (κ1) is 28.3. The van der Waals surface area contributed by atoms with Gasteiger partial charge in [-0.2, -0.15) is 13.2 Å². The van der Waals surface area contributed by atoms with Gasteiger partial charge < -0.3 is 9.88 Å². The quantitative estimate of drug-likeness (QED) is 0.224. The number of rotatable bonds is 7. The molecule has 1 N–H and O–H groups in total. The van der Waals surface area contributed by atoms with Crippen molar-refractivity contribution in [3.05, 3.63) is 58.6 Å². The van der Waals surface area contributed by atoms with Crippen molar-refractivity contribution in [2.75, 3.05) is 0 Å². The van der Waals surface area contributed by atoms with Crippen molar-refractivity contribution in [2.45, 2.75) is 93.1 Å². The summed E-state index contributed by atoms with van der Waals surface area (Å²) in [4.78, 5) is 19.3. The van der Waals surface area contributed by atoms with E-state index in [-0.39, 0.29) is 22.9 Å².